The van der Waals surface area contributed by atoms with E-state index in [1.54, 1.807) is 0 Å². The van der Waals surface area contributed by atoms with Gasteiger partial charge < -0.3 is 10.8 Å². The standard InChI is InChI=1S/C10H21NO/c1-9(11)10(12)7-5-3-2-4-6-8-10/h9,12H,2-8,11H2,1H3. The third kappa shape index (κ3) is 2.46. The van der Waals surface area contributed by atoms with E-state index in [1.165, 1.54) is 19.3 Å². The Morgan fingerprint density at radius 1 is 1.08 bits per heavy atom. The van der Waals surface area contributed by atoms with E-state index in [4.69, 9.17) is 5.73 Å². The SMILES string of the molecule is CC(N)C1(O)CCCCCCC1. The van der Waals surface area contributed by atoms with Crippen molar-refractivity contribution in [2.75, 3.05) is 0 Å². The average Bonchev–Trinajstić information content (AvgIpc) is 1.97. The van der Waals surface area contributed by atoms with E-state index in [2.05, 4.69) is 0 Å². The van der Waals surface area contributed by atoms with Gasteiger partial charge in [0.1, 0.15) is 0 Å². The van der Waals surface area contributed by atoms with Crippen LogP contribution in [-0.4, -0.2) is 16.7 Å². The molecule has 0 spiro atoms. The number of aliphatic hydroxyl groups is 1. The highest BCUT2D eigenvalue weighted by atomic mass is 16.3. The third-order valence-corrected chi connectivity index (χ3v) is 3.07. The summed E-state index contributed by atoms with van der Waals surface area (Å²) in [7, 11) is 0. The summed E-state index contributed by atoms with van der Waals surface area (Å²) in [4.78, 5) is 0. The Balaban J connectivity index is 2.48. The van der Waals surface area contributed by atoms with Crippen LogP contribution in [0.1, 0.15) is 51.9 Å². The second kappa shape index (κ2) is 4.24. The molecule has 1 unspecified atom stereocenters. The molecule has 1 aliphatic rings. The van der Waals surface area contributed by atoms with Crippen LogP contribution in [-0.2, 0) is 0 Å². The maximum Gasteiger partial charge on any atom is 0.0795 e. The molecule has 0 bridgehead atoms. The summed E-state index contributed by atoms with van der Waals surface area (Å²) in [5, 5.41) is 10.1. The van der Waals surface area contributed by atoms with E-state index < -0.39 is 5.60 Å². The molecule has 0 amide bonds. The van der Waals surface area contributed by atoms with Gasteiger partial charge in [-0.3, -0.25) is 0 Å². The van der Waals surface area contributed by atoms with Crippen molar-refractivity contribution in [3.63, 3.8) is 0 Å². The van der Waals surface area contributed by atoms with Crippen LogP contribution in [0.25, 0.3) is 0 Å². The molecule has 0 aromatic heterocycles. The van der Waals surface area contributed by atoms with Gasteiger partial charge in [0.2, 0.25) is 0 Å². The van der Waals surface area contributed by atoms with Gasteiger partial charge in [-0.25, -0.2) is 0 Å². The zero-order chi connectivity index (χ0) is 9.03. The maximum atomic E-state index is 10.1. The number of nitrogens with two attached hydrogens (primary N) is 1. The zero-order valence-electron chi connectivity index (χ0n) is 8.05. The summed E-state index contributed by atoms with van der Waals surface area (Å²) in [6.07, 6.45) is 7.91. The van der Waals surface area contributed by atoms with Crippen molar-refractivity contribution in [1.82, 2.24) is 0 Å². The predicted octanol–water partition coefficient (Wildman–Crippen LogP) is 1.81. The Bertz CT molecular complexity index is 126. The second-order valence-corrected chi connectivity index (χ2v) is 4.16. The molecule has 0 heterocycles. The highest BCUT2D eigenvalue weighted by molar-refractivity contribution is 4.87. The molecule has 2 heteroatoms. The first kappa shape index (κ1) is 10.0. The molecule has 2 nitrogen and oxygen atoms in total. The Morgan fingerprint density at radius 2 is 1.50 bits per heavy atom. The Kier molecular flexibility index (Phi) is 3.53. The summed E-state index contributed by atoms with van der Waals surface area (Å²) in [6.45, 7) is 1.92. The van der Waals surface area contributed by atoms with Crippen LogP contribution in [0.2, 0.25) is 0 Å². The fraction of sp³-hybridized carbons (Fsp3) is 1.00. The molecule has 1 fully saturated rings. The molecule has 1 saturated carbocycles. The van der Waals surface area contributed by atoms with Crippen molar-refractivity contribution >= 4 is 0 Å². The van der Waals surface area contributed by atoms with Gasteiger partial charge in [-0.15, -0.1) is 0 Å². The van der Waals surface area contributed by atoms with Gasteiger partial charge >= 0.3 is 0 Å². The van der Waals surface area contributed by atoms with Crippen molar-refractivity contribution in [2.45, 2.75) is 63.5 Å². The van der Waals surface area contributed by atoms with E-state index in [-0.39, 0.29) is 6.04 Å². The van der Waals surface area contributed by atoms with Gasteiger partial charge in [0.05, 0.1) is 5.60 Å². The minimum atomic E-state index is -0.569. The topological polar surface area (TPSA) is 46.2 Å². The van der Waals surface area contributed by atoms with Crippen LogP contribution in [0.4, 0.5) is 0 Å². The molecular weight excluding hydrogens is 150 g/mol. The van der Waals surface area contributed by atoms with Gasteiger partial charge in [0, 0.05) is 6.04 Å². The summed E-state index contributed by atoms with van der Waals surface area (Å²) < 4.78 is 0. The van der Waals surface area contributed by atoms with E-state index in [9.17, 15) is 5.11 Å². The summed E-state index contributed by atoms with van der Waals surface area (Å²) in [6, 6.07) is -0.0735. The maximum absolute atomic E-state index is 10.1. The third-order valence-electron chi connectivity index (χ3n) is 3.07. The Morgan fingerprint density at radius 3 is 1.92 bits per heavy atom. The molecule has 0 aromatic carbocycles. The highest BCUT2D eigenvalue weighted by Crippen LogP contribution is 2.27. The minimum Gasteiger partial charge on any atom is -0.388 e. The molecule has 1 rings (SSSR count). The van der Waals surface area contributed by atoms with Gasteiger partial charge in [-0.2, -0.15) is 0 Å². The normalized spacial score (nSPS) is 27.2. The monoisotopic (exact) mass is 171 g/mol. The van der Waals surface area contributed by atoms with Crippen molar-refractivity contribution in [2.24, 2.45) is 5.73 Å². The molecule has 0 radical (unpaired) electrons. The first-order valence-corrected chi connectivity index (χ1v) is 5.13. The molecule has 1 atom stereocenters. The van der Waals surface area contributed by atoms with Crippen LogP contribution in [0.5, 0.6) is 0 Å². The predicted molar refractivity (Wildman–Crippen MR) is 50.9 cm³/mol. The first-order chi connectivity index (χ1) is 5.65. The molecule has 72 valence electrons. The van der Waals surface area contributed by atoms with Gasteiger partial charge in [0.15, 0.2) is 0 Å². The summed E-state index contributed by atoms with van der Waals surface area (Å²) in [5.74, 6) is 0. The molecular formula is C10H21NO. The van der Waals surface area contributed by atoms with Crippen molar-refractivity contribution in [1.29, 1.82) is 0 Å². The second-order valence-electron chi connectivity index (χ2n) is 4.16. The van der Waals surface area contributed by atoms with E-state index in [1.807, 2.05) is 6.92 Å². The summed E-state index contributed by atoms with van der Waals surface area (Å²) in [5.41, 5.74) is 5.20. The lowest BCUT2D eigenvalue weighted by atomic mass is 9.82. The van der Waals surface area contributed by atoms with Crippen molar-refractivity contribution < 1.29 is 5.11 Å². The summed E-state index contributed by atoms with van der Waals surface area (Å²) >= 11 is 0. The smallest absolute Gasteiger partial charge is 0.0795 e. The largest absolute Gasteiger partial charge is 0.388 e. The molecule has 1 aliphatic carbocycles. The van der Waals surface area contributed by atoms with E-state index in [0.29, 0.717) is 0 Å². The number of hydrogen-bond donors (Lipinski definition) is 2. The Hall–Kier alpha value is -0.0800. The molecule has 3 N–H and O–H groups in total. The van der Waals surface area contributed by atoms with Crippen LogP contribution in [0.3, 0.4) is 0 Å². The molecule has 0 aliphatic heterocycles. The van der Waals surface area contributed by atoms with Crippen molar-refractivity contribution in [3.8, 4) is 0 Å². The fourth-order valence-electron chi connectivity index (χ4n) is 1.97. The molecule has 0 saturated heterocycles. The average molecular weight is 171 g/mol. The van der Waals surface area contributed by atoms with Crippen molar-refractivity contribution in [3.05, 3.63) is 0 Å². The zero-order valence-corrected chi connectivity index (χ0v) is 8.05. The first-order valence-electron chi connectivity index (χ1n) is 5.13. The van der Waals surface area contributed by atoms with Crippen LogP contribution < -0.4 is 5.73 Å². The minimum absolute atomic E-state index is 0.0735. The lowest BCUT2D eigenvalue weighted by molar-refractivity contribution is -0.00496. The highest BCUT2D eigenvalue weighted by Gasteiger charge is 2.30. The van der Waals surface area contributed by atoms with Crippen LogP contribution in [0.15, 0.2) is 0 Å². The van der Waals surface area contributed by atoms with Crippen LogP contribution in [0, 0.1) is 0 Å². The van der Waals surface area contributed by atoms with Crippen LogP contribution >= 0.6 is 0 Å². The quantitative estimate of drug-likeness (QED) is 0.632. The van der Waals surface area contributed by atoms with Gasteiger partial charge in [0.25, 0.3) is 0 Å². The Labute approximate surface area is 75.2 Å². The molecule has 0 aromatic rings. The van der Waals surface area contributed by atoms with E-state index in [0.717, 1.165) is 25.7 Å². The van der Waals surface area contributed by atoms with Gasteiger partial charge in [-0.05, 0) is 19.8 Å². The fourth-order valence-corrected chi connectivity index (χ4v) is 1.97. The van der Waals surface area contributed by atoms with E-state index >= 15 is 0 Å². The number of hydrogen-bond acceptors (Lipinski definition) is 2. The molecule has 12 heavy (non-hydrogen) atoms. The lowest BCUT2D eigenvalue weighted by Gasteiger charge is -2.33. The lowest BCUT2D eigenvalue weighted by Crippen LogP contribution is -2.46. The van der Waals surface area contributed by atoms with Gasteiger partial charge in [-0.1, -0.05) is 32.1 Å². The number of rotatable bonds is 1.